The van der Waals surface area contributed by atoms with Crippen molar-refractivity contribution in [1.82, 2.24) is 9.88 Å². The molecule has 2 N–H and O–H groups in total. The summed E-state index contributed by atoms with van der Waals surface area (Å²) < 4.78 is 11.4. The van der Waals surface area contributed by atoms with E-state index in [0.717, 1.165) is 5.69 Å². The number of benzene rings is 1. The van der Waals surface area contributed by atoms with Gasteiger partial charge in [0.25, 0.3) is 5.91 Å². The number of aromatic nitrogens is 1. The van der Waals surface area contributed by atoms with Crippen LogP contribution in [0.3, 0.4) is 0 Å². The standard InChI is InChI=1S/C22H25N5O4/c1-22(2,3)31-21(29)27-11-9-26(10-12-27)17-7-6-15(14-23)13-18(17)30-20-16(19(24)28)5-4-8-25-20/h4-8,13H,9-12H2,1-3H3,(H2,24,28). The van der Waals surface area contributed by atoms with Gasteiger partial charge in [0.15, 0.2) is 5.75 Å². The van der Waals surface area contributed by atoms with Crippen LogP contribution in [0.5, 0.6) is 11.6 Å². The molecule has 0 spiro atoms. The molecule has 1 aromatic carbocycles. The fourth-order valence-corrected chi connectivity index (χ4v) is 3.15. The largest absolute Gasteiger partial charge is 0.444 e. The van der Waals surface area contributed by atoms with Crippen LogP contribution in [0.25, 0.3) is 0 Å². The lowest BCUT2D eigenvalue weighted by atomic mass is 10.1. The van der Waals surface area contributed by atoms with Crippen molar-refractivity contribution in [2.45, 2.75) is 26.4 Å². The van der Waals surface area contributed by atoms with Gasteiger partial charge in [-0.3, -0.25) is 4.79 Å². The summed E-state index contributed by atoms with van der Waals surface area (Å²) in [5, 5.41) is 9.29. The van der Waals surface area contributed by atoms with E-state index in [0.29, 0.717) is 37.5 Å². The zero-order valence-electron chi connectivity index (χ0n) is 17.8. The number of primary amides is 1. The highest BCUT2D eigenvalue weighted by molar-refractivity contribution is 5.95. The predicted molar refractivity (Wildman–Crippen MR) is 114 cm³/mol. The first-order chi connectivity index (χ1) is 14.7. The van der Waals surface area contributed by atoms with Crippen molar-refractivity contribution in [2.75, 3.05) is 31.1 Å². The summed E-state index contributed by atoms with van der Waals surface area (Å²) in [6.45, 7) is 7.55. The Bertz CT molecular complexity index is 1020. The molecule has 1 aliphatic rings. The molecule has 3 rings (SSSR count). The van der Waals surface area contributed by atoms with Gasteiger partial charge in [-0.2, -0.15) is 5.26 Å². The van der Waals surface area contributed by atoms with Crippen LogP contribution in [-0.2, 0) is 4.74 Å². The SMILES string of the molecule is CC(C)(C)OC(=O)N1CCN(c2ccc(C#N)cc2Oc2ncccc2C(N)=O)CC1. The summed E-state index contributed by atoms with van der Waals surface area (Å²) in [7, 11) is 0. The molecule has 0 atom stereocenters. The van der Waals surface area contributed by atoms with Crippen LogP contribution in [0.2, 0.25) is 0 Å². The molecule has 0 radical (unpaired) electrons. The van der Waals surface area contributed by atoms with Gasteiger partial charge < -0.3 is 25.0 Å². The Labute approximate surface area is 181 Å². The molecule has 1 fully saturated rings. The molecule has 1 aromatic heterocycles. The fraction of sp³-hybridized carbons (Fsp3) is 0.364. The van der Waals surface area contributed by atoms with Gasteiger partial charge in [0, 0.05) is 38.4 Å². The topological polar surface area (TPSA) is 122 Å². The predicted octanol–water partition coefficient (Wildman–Crippen LogP) is 2.90. The number of nitriles is 1. The second-order valence-electron chi connectivity index (χ2n) is 8.07. The zero-order chi connectivity index (χ0) is 22.6. The Kier molecular flexibility index (Phi) is 6.30. The number of ether oxygens (including phenoxy) is 2. The number of pyridine rings is 1. The number of amides is 2. The van der Waals surface area contributed by atoms with Gasteiger partial charge in [-0.15, -0.1) is 0 Å². The maximum Gasteiger partial charge on any atom is 0.410 e. The maximum atomic E-state index is 12.3. The number of carbonyl (C=O) groups excluding carboxylic acids is 2. The molecule has 2 amide bonds. The highest BCUT2D eigenvalue weighted by Gasteiger charge is 2.27. The first-order valence-electron chi connectivity index (χ1n) is 9.87. The quantitative estimate of drug-likeness (QED) is 0.802. The molecule has 9 heteroatoms. The number of nitrogens with two attached hydrogens (primary N) is 1. The van der Waals surface area contributed by atoms with Crippen LogP contribution in [0.1, 0.15) is 36.7 Å². The van der Waals surface area contributed by atoms with Crippen LogP contribution in [0.15, 0.2) is 36.5 Å². The van der Waals surface area contributed by atoms with Gasteiger partial charge in [0.05, 0.1) is 17.3 Å². The van der Waals surface area contributed by atoms with E-state index in [4.69, 9.17) is 15.2 Å². The number of nitrogens with zero attached hydrogens (tertiary/aromatic N) is 4. The average Bonchev–Trinajstić information content (AvgIpc) is 2.73. The van der Waals surface area contributed by atoms with Crippen molar-refractivity contribution in [3.05, 3.63) is 47.7 Å². The Balaban J connectivity index is 1.81. The number of piperazine rings is 1. The molecular weight excluding hydrogens is 398 g/mol. The third-order valence-corrected chi connectivity index (χ3v) is 4.60. The Morgan fingerprint density at radius 3 is 2.48 bits per heavy atom. The van der Waals surface area contributed by atoms with Crippen molar-refractivity contribution in [2.24, 2.45) is 5.73 Å². The van der Waals surface area contributed by atoms with E-state index in [1.807, 2.05) is 25.7 Å². The zero-order valence-corrected chi connectivity index (χ0v) is 17.8. The molecule has 9 nitrogen and oxygen atoms in total. The number of anilines is 1. The van der Waals surface area contributed by atoms with Gasteiger partial charge in [0.2, 0.25) is 5.88 Å². The van der Waals surface area contributed by atoms with Crippen molar-refractivity contribution in [3.63, 3.8) is 0 Å². The van der Waals surface area contributed by atoms with Gasteiger partial charge in [-0.25, -0.2) is 9.78 Å². The van der Waals surface area contributed by atoms with E-state index in [9.17, 15) is 14.9 Å². The minimum atomic E-state index is -0.660. The molecule has 0 bridgehead atoms. The van der Waals surface area contributed by atoms with Gasteiger partial charge in [-0.05, 0) is 45.0 Å². The molecule has 1 saturated heterocycles. The van der Waals surface area contributed by atoms with E-state index in [1.54, 1.807) is 29.2 Å². The van der Waals surface area contributed by atoms with Crippen LogP contribution in [-0.4, -0.2) is 53.7 Å². The third-order valence-electron chi connectivity index (χ3n) is 4.60. The van der Waals surface area contributed by atoms with Crippen LogP contribution < -0.4 is 15.4 Å². The molecule has 31 heavy (non-hydrogen) atoms. The van der Waals surface area contributed by atoms with Gasteiger partial charge >= 0.3 is 6.09 Å². The molecular formula is C22H25N5O4. The second-order valence-corrected chi connectivity index (χ2v) is 8.07. The minimum absolute atomic E-state index is 0.0683. The van der Waals surface area contributed by atoms with Gasteiger partial charge in [0.1, 0.15) is 11.2 Å². The molecule has 162 valence electrons. The first kappa shape index (κ1) is 21.9. The third kappa shape index (κ3) is 5.42. The van der Waals surface area contributed by atoms with E-state index in [-0.39, 0.29) is 17.5 Å². The summed E-state index contributed by atoms with van der Waals surface area (Å²) in [4.78, 5) is 31.9. The number of hydrogen-bond acceptors (Lipinski definition) is 7. The van der Waals surface area contributed by atoms with Crippen LogP contribution in [0, 0.1) is 11.3 Å². The van der Waals surface area contributed by atoms with Crippen molar-refractivity contribution < 1.29 is 19.1 Å². The Morgan fingerprint density at radius 1 is 1.16 bits per heavy atom. The first-order valence-corrected chi connectivity index (χ1v) is 9.87. The van der Waals surface area contributed by atoms with Crippen molar-refractivity contribution in [3.8, 4) is 17.7 Å². The van der Waals surface area contributed by atoms with E-state index in [1.165, 1.54) is 12.3 Å². The number of carbonyl (C=O) groups is 2. The average molecular weight is 423 g/mol. The lowest BCUT2D eigenvalue weighted by molar-refractivity contribution is 0.0240. The van der Waals surface area contributed by atoms with E-state index >= 15 is 0 Å². The Morgan fingerprint density at radius 2 is 1.87 bits per heavy atom. The number of hydrogen-bond donors (Lipinski definition) is 1. The van der Waals surface area contributed by atoms with Crippen LogP contribution >= 0.6 is 0 Å². The van der Waals surface area contributed by atoms with Crippen LogP contribution in [0.4, 0.5) is 10.5 Å². The maximum absolute atomic E-state index is 12.3. The smallest absolute Gasteiger partial charge is 0.410 e. The van der Waals surface area contributed by atoms with E-state index in [2.05, 4.69) is 11.1 Å². The molecule has 2 aromatic rings. The molecule has 1 aliphatic heterocycles. The second kappa shape index (κ2) is 8.92. The Hall–Kier alpha value is -3.80. The summed E-state index contributed by atoms with van der Waals surface area (Å²) in [6.07, 6.45) is 1.15. The minimum Gasteiger partial charge on any atom is -0.444 e. The normalized spacial score (nSPS) is 14.0. The van der Waals surface area contributed by atoms with Gasteiger partial charge in [-0.1, -0.05) is 0 Å². The monoisotopic (exact) mass is 423 g/mol. The van der Waals surface area contributed by atoms with E-state index < -0.39 is 11.5 Å². The highest BCUT2D eigenvalue weighted by Crippen LogP contribution is 2.34. The summed E-state index contributed by atoms with van der Waals surface area (Å²) in [6, 6.07) is 10.3. The van der Waals surface area contributed by atoms with Crippen molar-refractivity contribution in [1.29, 1.82) is 5.26 Å². The summed E-state index contributed by atoms with van der Waals surface area (Å²) in [5.41, 5.74) is 6.14. The highest BCUT2D eigenvalue weighted by atomic mass is 16.6. The summed E-state index contributed by atoms with van der Waals surface area (Å²) in [5.74, 6) is -0.211. The molecule has 0 saturated carbocycles. The fourth-order valence-electron chi connectivity index (χ4n) is 3.15. The lowest BCUT2D eigenvalue weighted by Crippen LogP contribution is -2.50. The molecule has 0 unspecified atom stereocenters. The number of rotatable bonds is 4. The molecule has 2 heterocycles. The summed E-state index contributed by atoms with van der Waals surface area (Å²) >= 11 is 0. The lowest BCUT2D eigenvalue weighted by Gasteiger charge is -2.37. The van der Waals surface area contributed by atoms with Crippen molar-refractivity contribution >= 4 is 17.7 Å². The molecule has 0 aliphatic carbocycles.